The summed E-state index contributed by atoms with van der Waals surface area (Å²) in [6.45, 7) is 2.42. The lowest BCUT2D eigenvalue weighted by atomic mass is 10.1. The molecule has 0 spiro atoms. The quantitative estimate of drug-likeness (QED) is 0.238. The van der Waals surface area contributed by atoms with Crippen LogP contribution < -0.4 is 9.04 Å². The van der Waals surface area contributed by atoms with Crippen molar-refractivity contribution in [1.82, 2.24) is 4.90 Å². The largest absolute Gasteiger partial charge is 0.493 e. The van der Waals surface area contributed by atoms with Gasteiger partial charge in [-0.3, -0.25) is 9.10 Å². The van der Waals surface area contributed by atoms with Gasteiger partial charge in [0.1, 0.15) is 24.0 Å². The Morgan fingerprint density at radius 1 is 1.03 bits per heavy atom. The van der Waals surface area contributed by atoms with Crippen molar-refractivity contribution in [3.63, 3.8) is 0 Å². The molecule has 0 aliphatic carbocycles. The van der Waals surface area contributed by atoms with E-state index in [1.807, 2.05) is 0 Å². The van der Waals surface area contributed by atoms with E-state index in [1.165, 1.54) is 31.4 Å². The maximum atomic E-state index is 15.0. The van der Waals surface area contributed by atoms with Crippen LogP contribution in [0.1, 0.15) is 31.4 Å². The van der Waals surface area contributed by atoms with E-state index < -0.39 is 33.4 Å². The van der Waals surface area contributed by atoms with Crippen molar-refractivity contribution >= 4 is 33.2 Å². The van der Waals surface area contributed by atoms with E-state index in [1.54, 1.807) is 43.1 Å². The maximum Gasteiger partial charge on any atom is 0.264 e. The Labute approximate surface area is 232 Å². The Hall–Kier alpha value is -3.21. The Morgan fingerprint density at radius 2 is 1.72 bits per heavy atom. The highest BCUT2D eigenvalue weighted by Gasteiger charge is 2.34. The molecule has 0 unspecified atom stereocenters. The molecule has 3 aromatic rings. The number of halogens is 3. The third-order valence-corrected chi connectivity index (χ3v) is 8.23. The van der Waals surface area contributed by atoms with E-state index in [0.717, 1.165) is 22.5 Å². The SMILES string of the molecule is COCC(=O)N(C)CCCCOc1ccccc1[C@@H](C)N(c1cc(F)ccc1F)S(=O)(=O)c1ccc(Cl)cc1. The second-order valence-electron chi connectivity index (χ2n) is 8.87. The molecule has 1 atom stereocenters. The summed E-state index contributed by atoms with van der Waals surface area (Å²) in [6.07, 6.45) is 1.30. The summed E-state index contributed by atoms with van der Waals surface area (Å²) >= 11 is 5.94. The minimum Gasteiger partial charge on any atom is -0.493 e. The number of methoxy groups -OCH3 is 1. The van der Waals surface area contributed by atoms with Gasteiger partial charge in [0.2, 0.25) is 5.91 Å². The van der Waals surface area contributed by atoms with Crippen molar-refractivity contribution in [2.75, 3.05) is 38.2 Å². The third-order valence-electron chi connectivity index (χ3n) is 6.08. The van der Waals surface area contributed by atoms with Gasteiger partial charge in [-0.2, -0.15) is 0 Å². The van der Waals surface area contributed by atoms with Gasteiger partial charge in [-0.25, -0.2) is 17.2 Å². The zero-order valence-corrected chi connectivity index (χ0v) is 23.5. The molecule has 0 N–H and O–H groups in total. The number of ether oxygens (including phenoxy) is 2. The number of nitrogens with zero attached hydrogens (tertiary/aromatic N) is 2. The summed E-state index contributed by atoms with van der Waals surface area (Å²) < 4.78 is 68.5. The molecule has 0 saturated heterocycles. The first-order valence-corrected chi connectivity index (χ1v) is 14.1. The minimum atomic E-state index is -4.36. The van der Waals surface area contributed by atoms with Crippen molar-refractivity contribution < 1.29 is 31.5 Å². The van der Waals surface area contributed by atoms with Gasteiger partial charge in [0.05, 0.1) is 23.2 Å². The molecule has 0 radical (unpaired) electrons. The monoisotopic (exact) mass is 580 g/mol. The summed E-state index contributed by atoms with van der Waals surface area (Å²) in [6, 6.07) is 14.0. The molecule has 7 nitrogen and oxygen atoms in total. The first-order chi connectivity index (χ1) is 18.6. The lowest BCUT2D eigenvalue weighted by molar-refractivity contribution is -0.133. The molecule has 11 heteroatoms. The number of hydrogen-bond acceptors (Lipinski definition) is 5. The first kappa shape index (κ1) is 30.3. The number of benzene rings is 3. The number of carbonyl (C=O) groups excluding carboxylic acids is 1. The average molecular weight is 581 g/mol. The second-order valence-corrected chi connectivity index (χ2v) is 11.1. The van der Waals surface area contributed by atoms with E-state index in [-0.39, 0.29) is 17.4 Å². The summed E-state index contributed by atoms with van der Waals surface area (Å²) in [7, 11) is -1.21. The molecule has 3 aromatic carbocycles. The minimum absolute atomic E-state index is 0.0135. The number of hydrogen-bond donors (Lipinski definition) is 0. The van der Waals surface area contributed by atoms with Gasteiger partial charge in [-0.1, -0.05) is 29.8 Å². The fourth-order valence-corrected chi connectivity index (χ4v) is 5.76. The predicted molar refractivity (Wildman–Crippen MR) is 147 cm³/mol. The van der Waals surface area contributed by atoms with Crippen LogP contribution in [0.3, 0.4) is 0 Å². The average Bonchev–Trinajstić information content (AvgIpc) is 2.91. The molecule has 0 saturated carbocycles. The summed E-state index contributed by atoms with van der Waals surface area (Å²) in [4.78, 5) is 13.3. The molecule has 0 fully saturated rings. The second kappa shape index (κ2) is 13.7. The predicted octanol–water partition coefficient (Wildman–Crippen LogP) is 5.84. The molecule has 0 aromatic heterocycles. The van der Waals surface area contributed by atoms with Crippen LogP contribution in [0.2, 0.25) is 5.02 Å². The Bertz CT molecular complexity index is 1370. The van der Waals surface area contributed by atoms with E-state index >= 15 is 4.39 Å². The lowest BCUT2D eigenvalue weighted by Gasteiger charge is -2.32. The standard InChI is InChI=1S/C28H31ClF2N2O5S/c1-20(24-8-4-5-9-27(24)38-17-7-6-16-32(2)28(34)19-37-3)33(26-18-22(30)12-15-25(26)31)39(35,36)23-13-10-21(29)11-14-23/h4-5,8-15,18,20H,6-7,16-17,19H2,1-3H3/t20-/m1/s1. The Kier molecular flexibility index (Phi) is 10.7. The first-order valence-electron chi connectivity index (χ1n) is 12.3. The number of carbonyl (C=O) groups is 1. The lowest BCUT2D eigenvalue weighted by Crippen LogP contribution is -2.34. The topological polar surface area (TPSA) is 76.2 Å². The molecule has 39 heavy (non-hydrogen) atoms. The molecule has 0 aliphatic rings. The Morgan fingerprint density at radius 3 is 2.41 bits per heavy atom. The van der Waals surface area contributed by atoms with Gasteiger partial charge < -0.3 is 14.4 Å². The van der Waals surface area contributed by atoms with Crippen molar-refractivity contribution in [2.45, 2.75) is 30.7 Å². The summed E-state index contributed by atoms with van der Waals surface area (Å²) in [5.41, 5.74) is 0.0297. The van der Waals surface area contributed by atoms with E-state index in [0.29, 0.717) is 42.3 Å². The van der Waals surface area contributed by atoms with Gasteiger partial charge in [0.25, 0.3) is 10.0 Å². The molecule has 1 amide bonds. The summed E-state index contributed by atoms with van der Waals surface area (Å²) in [5.74, 6) is -1.40. The number of sulfonamides is 1. The Balaban J connectivity index is 1.88. The van der Waals surface area contributed by atoms with Gasteiger partial charge in [0.15, 0.2) is 0 Å². The van der Waals surface area contributed by atoms with Crippen LogP contribution in [-0.2, 0) is 19.6 Å². The van der Waals surface area contributed by atoms with Crippen molar-refractivity contribution in [3.05, 3.63) is 89.0 Å². The van der Waals surface area contributed by atoms with Crippen LogP contribution in [0, 0.1) is 11.6 Å². The molecule has 210 valence electrons. The number of unbranched alkanes of at least 4 members (excludes halogenated alkanes) is 1. The van der Waals surface area contributed by atoms with Crippen molar-refractivity contribution in [3.8, 4) is 5.75 Å². The number of para-hydroxylation sites is 1. The molecular formula is C28H31ClF2N2O5S. The van der Waals surface area contributed by atoms with Crippen LogP contribution in [0.5, 0.6) is 5.75 Å². The van der Waals surface area contributed by atoms with Crippen LogP contribution >= 0.6 is 11.6 Å². The molecule has 0 aliphatic heterocycles. The third kappa shape index (κ3) is 7.68. The van der Waals surface area contributed by atoms with Crippen LogP contribution in [0.25, 0.3) is 0 Å². The highest BCUT2D eigenvalue weighted by molar-refractivity contribution is 7.92. The van der Waals surface area contributed by atoms with Crippen LogP contribution in [-0.4, -0.2) is 53.1 Å². The number of anilines is 1. The zero-order valence-electron chi connectivity index (χ0n) is 21.9. The highest BCUT2D eigenvalue weighted by Crippen LogP contribution is 2.38. The zero-order chi connectivity index (χ0) is 28.6. The van der Waals surface area contributed by atoms with Crippen molar-refractivity contribution in [1.29, 1.82) is 0 Å². The molecule has 0 heterocycles. The fourth-order valence-electron chi connectivity index (χ4n) is 4.00. The highest BCUT2D eigenvalue weighted by atomic mass is 35.5. The molecular weight excluding hydrogens is 550 g/mol. The van der Waals surface area contributed by atoms with E-state index in [4.69, 9.17) is 21.1 Å². The van der Waals surface area contributed by atoms with E-state index in [2.05, 4.69) is 0 Å². The molecule has 3 rings (SSSR count). The normalized spacial score (nSPS) is 12.2. The summed E-state index contributed by atoms with van der Waals surface area (Å²) in [5, 5.41) is 0.332. The van der Waals surface area contributed by atoms with Gasteiger partial charge >= 0.3 is 0 Å². The van der Waals surface area contributed by atoms with Crippen molar-refractivity contribution in [2.24, 2.45) is 0 Å². The number of amides is 1. The fraction of sp³-hybridized carbons (Fsp3) is 0.321. The molecule has 0 bridgehead atoms. The van der Waals surface area contributed by atoms with E-state index in [9.17, 15) is 17.6 Å². The maximum absolute atomic E-state index is 15.0. The number of rotatable bonds is 13. The smallest absolute Gasteiger partial charge is 0.264 e. The van der Waals surface area contributed by atoms with Gasteiger partial charge in [0, 0.05) is 37.4 Å². The van der Waals surface area contributed by atoms with Gasteiger partial charge in [-0.05, 0) is 62.2 Å². The van der Waals surface area contributed by atoms with Crippen LogP contribution in [0.15, 0.2) is 71.6 Å². The van der Waals surface area contributed by atoms with Crippen LogP contribution in [0.4, 0.5) is 14.5 Å². The number of likely N-dealkylation sites (N-methyl/N-ethyl adjacent to an activating group) is 1. The van der Waals surface area contributed by atoms with Gasteiger partial charge in [-0.15, -0.1) is 0 Å².